The van der Waals surface area contributed by atoms with Gasteiger partial charge in [0.2, 0.25) is 5.91 Å². The van der Waals surface area contributed by atoms with Gasteiger partial charge in [-0.3, -0.25) is 9.78 Å². The first kappa shape index (κ1) is 18.9. The first-order valence-electron chi connectivity index (χ1n) is 9.63. The van der Waals surface area contributed by atoms with E-state index in [1.807, 2.05) is 53.4 Å². The predicted molar refractivity (Wildman–Crippen MR) is 111 cm³/mol. The molecule has 148 valence electrons. The number of carbonyl (C=O) groups excluding carboxylic acids is 1. The molecule has 0 atom stereocenters. The number of nitrogens with zero attached hydrogens (tertiary/aromatic N) is 5. The standard InChI is InChI=1S/C22H23N5O2/c1-29-20-5-3-2-4-18(20)16-22(28)27-14-12-26(13-15-27)21-7-6-19(24-25-21)17-8-10-23-11-9-17/h2-11H,12-16H2,1H3. The summed E-state index contributed by atoms with van der Waals surface area (Å²) in [6.45, 7) is 2.81. The molecule has 0 saturated carbocycles. The first-order chi connectivity index (χ1) is 14.2. The summed E-state index contributed by atoms with van der Waals surface area (Å²) in [5.74, 6) is 1.71. The van der Waals surface area contributed by atoms with Gasteiger partial charge in [-0.05, 0) is 30.3 Å². The van der Waals surface area contributed by atoms with Crippen molar-refractivity contribution in [2.45, 2.75) is 6.42 Å². The van der Waals surface area contributed by atoms with Crippen LogP contribution in [-0.2, 0) is 11.2 Å². The fourth-order valence-corrected chi connectivity index (χ4v) is 3.48. The lowest BCUT2D eigenvalue weighted by atomic mass is 10.1. The van der Waals surface area contributed by atoms with E-state index in [2.05, 4.69) is 20.1 Å². The van der Waals surface area contributed by atoms with Gasteiger partial charge in [0.15, 0.2) is 5.82 Å². The third-order valence-corrected chi connectivity index (χ3v) is 5.12. The number of carbonyl (C=O) groups is 1. The Kier molecular flexibility index (Phi) is 5.65. The summed E-state index contributed by atoms with van der Waals surface area (Å²) in [7, 11) is 1.63. The minimum absolute atomic E-state index is 0.119. The van der Waals surface area contributed by atoms with Crippen LogP contribution in [0, 0.1) is 0 Å². The molecule has 1 aliphatic heterocycles. The zero-order valence-corrected chi connectivity index (χ0v) is 16.4. The van der Waals surface area contributed by atoms with Crippen molar-refractivity contribution in [1.82, 2.24) is 20.1 Å². The Morgan fingerprint density at radius 1 is 0.966 bits per heavy atom. The number of para-hydroxylation sites is 1. The molecule has 0 aliphatic carbocycles. The van der Waals surface area contributed by atoms with Crippen LogP contribution in [0.5, 0.6) is 5.75 Å². The minimum atomic E-state index is 0.119. The van der Waals surface area contributed by atoms with Gasteiger partial charge < -0.3 is 14.5 Å². The molecule has 1 fully saturated rings. The SMILES string of the molecule is COc1ccccc1CC(=O)N1CCN(c2ccc(-c3ccncc3)nn2)CC1. The number of hydrogen-bond acceptors (Lipinski definition) is 6. The zero-order valence-electron chi connectivity index (χ0n) is 16.4. The fourth-order valence-electron chi connectivity index (χ4n) is 3.48. The minimum Gasteiger partial charge on any atom is -0.496 e. The van der Waals surface area contributed by atoms with Crippen molar-refractivity contribution < 1.29 is 9.53 Å². The summed E-state index contributed by atoms with van der Waals surface area (Å²) < 4.78 is 5.35. The molecule has 1 saturated heterocycles. The number of amides is 1. The fraction of sp³-hybridized carbons (Fsp3) is 0.273. The Bertz CT molecular complexity index is 954. The van der Waals surface area contributed by atoms with Gasteiger partial charge >= 0.3 is 0 Å². The average Bonchev–Trinajstić information content (AvgIpc) is 2.80. The third-order valence-electron chi connectivity index (χ3n) is 5.12. The smallest absolute Gasteiger partial charge is 0.227 e. The number of aromatic nitrogens is 3. The monoisotopic (exact) mass is 389 g/mol. The number of piperazine rings is 1. The van der Waals surface area contributed by atoms with Crippen molar-refractivity contribution in [1.29, 1.82) is 0 Å². The molecule has 0 radical (unpaired) electrons. The van der Waals surface area contributed by atoms with Crippen LogP contribution in [0.4, 0.5) is 5.82 Å². The third kappa shape index (κ3) is 4.34. The van der Waals surface area contributed by atoms with E-state index in [1.165, 1.54) is 0 Å². The molecule has 2 aromatic heterocycles. The molecule has 3 heterocycles. The quantitative estimate of drug-likeness (QED) is 0.668. The predicted octanol–water partition coefficient (Wildman–Crippen LogP) is 2.44. The van der Waals surface area contributed by atoms with Crippen molar-refractivity contribution in [3.8, 4) is 17.0 Å². The molecular formula is C22H23N5O2. The molecule has 4 rings (SSSR count). The lowest BCUT2D eigenvalue weighted by Gasteiger charge is -2.35. The lowest BCUT2D eigenvalue weighted by Crippen LogP contribution is -2.49. The maximum Gasteiger partial charge on any atom is 0.227 e. The zero-order chi connectivity index (χ0) is 20.1. The van der Waals surface area contributed by atoms with Crippen molar-refractivity contribution in [3.05, 3.63) is 66.5 Å². The molecule has 0 bridgehead atoms. The number of pyridine rings is 1. The lowest BCUT2D eigenvalue weighted by molar-refractivity contribution is -0.130. The Morgan fingerprint density at radius 3 is 2.41 bits per heavy atom. The summed E-state index contributed by atoms with van der Waals surface area (Å²) in [5.41, 5.74) is 2.73. The van der Waals surface area contributed by atoms with Gasteiger partial charge in [-0.15, -0.1) is 10.2 Å². The molecular weight excluding hydrogens is 366 g/mol. The maximum atomic E-state index is 12.7. The summed E-state index contributed by atoms with van der Waals surface area (Å²) in [4.78, 5) is 20.8. The highest BCUT2D eigenvalue weighted by atomic mass is 16.5. The molecule has 29 heavy (non-hydrogen) atoms. The van der Waals surface area contributed by atoms with Gasteiger partial charge in [0, 0.05) is 49.7 Å². The van der Waals surface area contributed by atoms with E-state index in [9.17, 15) is 4.79 Å². The van der Waals surface area contributed by atoms with Gasteiger partial charge in [0.05, 0.1) is 19.2 Å². The molecule has 0 N–H and O–H groups in total. The largest absolute Gasteiger partial charge is 0.496 e. The Hall–Kier alpha value is -3.48. The van der Waals surface area contributed by atoms with Gasteiger partial charge in [0.25, 0.3) is 0 Å². The summed E-state index contributed by atoms with van der Waals surface area (Å²) in [6.07, 6.45) is 3.84. The summed E-state index contributed by atoms with van der Waals surface area (Å²) in [6, 6.07) is 15.4. The second kappa shape index (κ2) is 8.68. The molecule has 1 aromatic carbocycles. The molecule has 1 aliphatic rings. The Balaban J connectivity index is 1.35. The summed E-state index contributed by atoms with van der Waals surface area (Å²) >= 11 is 0. The van der Waals surface area contributed by atoms with Crippen LogP contribution in [-0.4, -0.2) is 59.3 Å². The normalized spacial score (nSPS) is 14.0. The van der Waals surface area contributed by atoms with Crippen molar-refractivity contribution in [3.63, 3.8) is 0 Å². The highest BCUT2D eigenvalue weighted by molar-refractivity contribution is 5.79. The van der Waals surface area contributed by atoms with E-state index in [1.54, 1.807) is 19.5 Å². The van der Waals surface area contributed by atoms with Crippen LogP contribution in [0.2, 0.25) is 0 Å². The van der Waals surface area contributed by atoms with Gasteiger partial charge in [-0.2, -0.15) is 0 Å². The Morgan fingerprint density at radius 2 is 1.72 bits per heavy atom. The van der Waals surface area contributed by atoms with Gasteiger partial charge in [-0.1, -0.05) is 18.2 Å². The molecule has 7 heteroatoms. The number of anilines is 1. The van der Waals surface area contributed by atoms with Crippen molar-refractivity contribution in [2.75, 3.05) is 38.2 Å². The molecule has 3 aromatic rings. The molecule has 1 amide bonds. The van der Waals surface area contributed by atoms with E-state index < -0.39 is 0 Å². The molecule has 0 unspecified atom stereocenters. The number of hydrogen-bond donors (Lipinski definition) is 0. The van der Waals surface area contributed by atoms with Crippen LogP contribution >= 0.6 is 0 Å². The average molecular weight is 389 g/mol. The van der Waals surface area contributed by atoms with Gasteiger partial charge in [-0.25, -0.2) is 0 Å². The van der Waals surface area contributed by atoms with E-state index in [4.69, 9.17) is 4.74 Å². The van der Waals surface area contributed by atoms with Crippen LogP contribution in [0.3, 0.4) is 0 Å². The second-order valence-electron chi connectivity index (χ2n) is 6.87. The van der Waals surface area contributed by atoms with E-state index in [0.717, 1.165) is 41.5 Å². The van der Waals surface area contributed by atoms with Crippen molar-refractivity contribution >= 4 is 11.7 Å². The molecule has 0 spiro atoms. The van der Waals surface area contributed by atoms with E-state index >= 15 is 0 Å². The van der Waals surface area contributed by atoms with Crippen LogP contribution in [0.1, 0.15) is 5.56 Å². The number of methoxy groups -OCH3 is 1. The Labute approximate surface area is 170 Å². The number of ether oxygens (including phenoxy) is 1. The molecule has 7 nitrogen and oxygen atoms in total. The summed E-state index contributed by atoms with van der Waals surface area (Å²) in [5, 5.41) is 8.71. The van der Waals surface area contributed by atoms with Crippen LogP contribution in [0.25, 0.3) is 11.3 Å². The highest BCUT2D eigenvalue weighted by Crippen LogP contribution is 2.21. The number of rotatable bonds is 5. The topological polar surface area (TPSA) is 71.5 Å². The first-order valence-corrected chi connectivity index (χ1v) is 9.63. The number of benzene rings is 1. The maximum absolute atomic E-state index is 12.7. The van der Waals surface area contributed by atoms with E-state index in [0.29, 0.717) is 19.5 Å². The van der Waals surface area contributed by atoms with Crippen LogP contribution < -0.4 is 9.64 Å². The highest BCUT2D eigenvalue weighted by Gasteiger charge is 2.23. The van der Waals surface area contributed by atoms with Gasteiger partial charge in [0.1, 0.15) is 5.75 Å². The van der Waals surface area contributed by atoms with E-state index in [-0.39, 0.29) is 5.91 Å². The van der Waals surface area contributed by atoms with Crippen molar-refractivity contribution in [2.24, 2.45) is 0 Å². The second-order valence-corrected chi connectivity index (χ2v) is 6.87. The van der Waals surface area contributed by atoms with Crippen LogP contribution in [0.15, 0.2) is 60.9 Å².